The summed E-state index contributed by atoms with van der Waals surface area (Å²) in [4.78, 5) is 15.2. The van der Waals surface area contributed by atoms with Crippen LogP contribution in [-0.2, 0) is 10.8 Å². The molecule has 0 radical (unpaired) electrons. The van der Waals surface area contributed by atoms with Gasteiger partial charge in [-0.25, -0.2) is 9.97 Å². The van der Waals surface area contributed by atoms with E-state index in [0.717, 1.165) is 39.5 Å². The average Bonchev–Trinajstić information content (AvgIpc) is 3.25. The maximum absolute atomic E-state index is 5.22. The van der Waals surface area contributed by atoms with Crippen molar-refractivity contribution in [2.75, 3.05) is 9.80 Å². The molecule has 3 heterocycles. The fourth-order valence-electron chi connectivity index (χ4n) is 8.90. The number of nitrogens with zero attached hydrogens (tertiary/aromatic N) is 4. The highest BCUT2D eigenvalue weighted by Gasteiger charge is 2.40. The molecule has 2 aliphatic heterocycles. The van der Waals surface area contributed by atoms with E-state index >= 15 is 0 Å². The van der Waals surface area contributed by atoms with Gasteiger partial charge in [-0.1, -0.05) is 149 Å². The second kappa shape index (κ2) is 12.9. The molecule has 0 aliphatic carbocycles. The third-order valence-electron chi connectivity index (χ3n) is 11.8. The van der Waals surface area contributed by atoms with Gasteiger partial charge < -0.3 is 9.80 Å². The Bertz CT molecular complexity index is 2650. The van der Waals surface area contributed by atoms with Crippen LogP contribution in [0.15, 0.2) is 182 Å². The van der Waals surface area contributed by atoms with Gasteiger partial charge in [0.25, 0.3) is 0 Å². The van der Waals surface area contributed by atoms with Gasteiger partial charge in [-0.05, 0) is 82.9 Å². The van der Waals surface area contributed by atoms with Crippen molar-refractivity contribution in [1.29, 1.82) is 0 Å². The molecular weight excluding hydrogens is 681 g/mol. The first-order valence-electron chi connectivity index (χ1n) is 19.4. The van der Waals surface area contributed by atoms with Crippen molar-refractivity contribution in [3.05, 3.63) is 204 Å². The molecular formula is C52H42N4. The topological polar surface area (TPSA) is 32.3 Å². The highest BCUT2D eigenvalue weighted by atomic mass is 15.2. The van der Waals surface area contributed by atoms with E-state index in [1.54, 1.807) is 0 Å². The number of benzene rings is 7. The number of aromatic nitrogens is 2. The summed E-state index contributed by atoms with van der Waals surface area (Å²) >= 11 is 0. The lowest BCUT2D eigenvalue weighted by atomic mass is 9.72. The molecule has 0 unspecified atom stereocenters. The zero-order valence-electron chi connectivity index (χ0n) is 32.1. The lowest BCUT2D eigenvalue weighted by Crippen LogP contribution is -2.32. The minimum atomic E-state index is -0.354. The van der Waals surface area contributed by atoms with Crippen LogP contribution < -0.4 is 9.80 Å². The molecule has 0 saturated heterocycles. The van der Waals surface area contributed by atoms with Crippen LogP contribution in [0.1, 0.15) is 49.9 Å². The maximum Gasteiger partial charge on any atom is 0.160 e. The molecule has 0 spiro atoms. The van der Waals surface area contributed by atoms with Gasteiger partial charge in [0.05, 0.1) is 34.1 Å². The smallest absolute Gasteiger partial charge is 0.160 e. The largest absolute Gasteiger partial charge is 0.310 e. The van der Waals surface area contributed by atoms with E-state index in [4.69, 9.17) is 9.97 Å². The zero-order valence-corrected chi connectivity index (χ0v) is 32.1. The van der Waals surface area contributed by atoms with Crippen molar-refractivity contribution >= 4 is 34.1 Å². The van der Waals surface area contributed by atoms with Gasteiger partial charge in [-0.3, -0.25) is 0 Å². The van der Waals surface area contributed by atoms with E-state index < -0.39 is 0 Å². The van der Waals surface area contributed by atoms with Gasteiger partial charge in [0, 0.05) is 38.9 Å². The van der Waals surface area contributed by atoms with E-state index in [-0.39, 0.29) is 10.8 Å². The number of hydrogen-bond donors (Lipinski definition) is 0. The highest BCUT2D eigenvalue weighted by molar-refractivity contribution is 5.91. The Kier molecular flexibility index (Phi) is 7.79. The van der Waals surface area contributed by atoms with Crippen LogP contribution in [-0.4, -0.2) is 9.97 Å². The normalized spacial score (nSPS) is 14.6. The monoisotopic (exact) mass is 722 g/mol. The molecule has 0 N–H and O–H groups in total. The van der Waals surface area contributed by atoms with E-state index in [2.05, 4.69) is 195 Å². The number of anilines is 6. The number of para-hydroxylation sites is 3. The van der Waals surface area contributed by atoms with E-state index in [1.165, 1.54) is 45.0 Å². The maximum atomic E-state index is 5.22. The van der Waals surface area contributed by atoms with Crippen molar-refractivity contribution in [3.63, 3.8) is 0 Å². The standard InChI is InChI=1S/C52H42N4/c1-51(2)40-24-14-16-26-46(40)56(47-27-17-15-25-41(47)51)39-29-31-49-43(33-39)52(3,4)42-32-37(28-30-48(42)55(49)38-22-12-7-13-23-38)45-34-44(35-18-8-5-9-19-35)53-50(54-45)36-20-10-6-11-21-36/h5-34H,1-4H3. The molecule has 0 fully saturated rings. The lowest BCUT2D eigenvalue weighted by molar-refractivity contribution is 0.628. The summed E-state index contributed by atoms with van der Waals surface area (Å²) in [5.41, 5.74) is 16.7. The fraction of sp³-hybridized carbons (Fsp3) is 0.115. The molecule has 270 valence electrons. The number of fused-ring (bicyclic) bond motifs is 4. The lowest BCUT2D eigenvalue weighted by Gasteiger charge is -2.44. The summed E-state index contributed by atoms with van der Waals surface area (Å²) in [7, 11) is 0. The van der Waals surface area contributed by atoms with Gasteiger partial charge in [0.15, 0.2) is 5.82 Å². The Balaban J connectivity index is 1.17. The third-order valence-corrected chi connectivity index (χ3v) is 11.8. The summed E-state index contributed by atoms with van der Waals surface area (Å²) in [5, 5.41) is 0. The molecule has 4 heteroatoms. The van der Waals surface area contributed by atoms with Crippen LogP contribution in [0.25, 0.3) is 33.9 Å². The Morgan fingerprint density at radius 1 is 0.339 bits per heavy atom. The Hall–Kier alpha value is -6.78. The SMILES string of the molecule is CC1(C)c2ccccc2N(c2ccc3c(c2)C(C)(C)c2cc(-c4cc(-c5ccccc5)nc(-c5ccccc5)n4)ccc2N3c2ccccc2)c2ccccc21. The molecule has 10 rings (SSSR count). The number of hydrogen-bond acceptors (Lipinski definition) is 4. The Labute approximate surface area is 329 Å². The minimum Gasteiger partial charge on any atom is -0.310 e. The number of rotatable bonds is 5. The second-order valence-electron chi connectivity index (χ2n) is 15.9. The van der Waals surface area contributed by atoms with Gasteiger partial charge in [-0.2, -0.15) is 0 Å². The van der Waals surface area contributed by atoms with Gasteiger partial charge in [-0.15, -0.1) is 0 Å². The molecule has 8 aromatic rings. The van der Waals surface area contributed by atoms with Crippen molar-refractivity contribution in [2.45, 2.75) is 38.5 Å². The van der Waals surface area contributed by atoms with Crippen LogP contribution >= 0.6 is 0 Å². The molecule has 2 aliphatic rings. The van der Waals surface area contributed by atoms with Gasteiger partial charge >= 0.3 is 0 Å². The minimum absolute atomic E-state index is 0.127. The van der Waals surface area contributed by atoms with Crippen LogP contribution in [0.3, 0.4) is 0 Å². The van der Waals surface area contributed by atoms with E-state index in [0.29, 0.717) is 5.82 Å². The summed E-state index contributed by atoms with van der Waals surface area (Å²) in [6.45, 7) is 9.42. The molecule has 0 atom stereocenters. The fourth-order valence-corrected chi connectivity index (χ4v) is 8.90. The first kappa shape index (κ1) is 33.8. The summed E-state index contributed by atoms with van der Waals surface area (Å²) in [6, 6.07) is 65.2. The van der Waals surface area contributed by atoms with E-state index in [1.807, 2.05) is 24.3 Å². The molecule has 7 aromatic carbocycles. The first-order chi connectivity index (χ1) is 27.3. The van der Waals surface area contributed by atoms with Crippen molar-refractivity contribution in [3.8, 4) is 33.9 Å². The Morgan fingerprint density at radius 2 is 0.786 bits per heavy atom. The van der Waals surface area contributed by atoms with Crippen LogP contribution in [0, 0.1) is 0 Å². The average molecular weight is 723 g/mol. The van der Waals surface area contributed by atoms with Crippen molar-refractivity contribution in [2.24, 2.45) is 0 Å². The molecule has 0 saturated carbocycles. The zero-order chi connectivity index (χ0) is 38.0. The van der Waals surface area contributed by atoms with E-state index in [9.17, 15) is 0 Å². The first-order valence-corrected chi connectivity index (χ1v) is 19.4. The highest BCUT2D eigenvalue weighted by Crippen LogP contribution is 2.56. The van der Waals surface area contributed by atoms with Crippen LogP contribution in [0.4, 0.5) is 34.1 Å². The van der Waals surface area contributed by atoms with Crippen molar-refractivity contribution < 1.29 is 0 Å². The molecule has 0 bridgehead atoms. The predicted octanol–water partition coefficient (Wildman–Crippen LogP) is 13.7. The van der Waals surface area contributed by atoms with Crippen LogP contribution in [0.2, 0.25) is 0 Å². The van der Waals surface area contributed by atoms with Gasteiger partial charge in [0.1, 0.15) is 0 Å². The van der Waals surface area contributed by atoms with Crippen molar-refractivity contribution in [1.82, 2.24) is 9.97 Å². The van der Waals surface area contributed by atoms with Gasteiger partial charge in [0.2, 0.25) is 0 Å². The molecule has 4 nitrogen and oxygen atoms in total. The molecule has 0 amide bonds. The quantitative estimate of drug-likeness (QED) is 0.177. The summed E-state index contributed by atoms with van der Waals surface area (Å²) in [6.07, 6.45) is 0. The molecule has 1 aromatic heterocycles. The third kappa shape index (κ3) is 5.36. The Morgan fingerprint density at radius 3 is 1.41 bits per heavy atom. The summed E-state index contributed by atoms with van der Waals surface area (Å²) in [5.74, 6) is 0.713. The summed E-state index contributed by atoms with van der Waals surface area (Å²) < 4.78 is 0. The molecule has 56 heavy (non-hydrogen) atoms. The van der Waals surface area contributed by atoms with Crippen LogP contribution in [0.5, 0.6) is 0 Å². The predicted molar refractivity (Wildman–Crippen MR) is 232 cm³/mol. The second-order valence-corrected chi connectivity index (χ2v) is 15.9.